The molecule has 8 heteroatoms. The molecule has 2 N–H and O–H groups in total. The van der Waals surface area contributed by atoms with Crippen molar-refractivity contribution in [1.29, 1.82) is 0 Å². The minimum Gasteiger partial charge on any atom is -0.326 e. The average Bonchev–Trinajstić information content (AvgIpc) is 2.81. The van der Waals surface area contributed by atoms with Gasteiger partial charge in [-0.1, -0.05) is 12.1 Å². The van der Waals surface area contributed by atoms with Gasteiger partial charge in [0.25, 0.3) is 0 Å². The zero-order chi connectivity index (χ0) is 20.3. The Balaban J connectivity index is 1.74. The summed E-state index contributed by atoms with van der Waals surface area (Å²) >= 11 is 1.51. The maximum absolute atomic E-state index is 12.9. The van der Waals surface area contributed by atoms with Crippen LogP contribution in [0.5, 0.6) is 0 Å². The minimum absolute atomic E-state index is 0.102. The maximum Gasteiger partial charge on any atom is 0.225 e. The molecule has 0 aromatic heterocycles. The summed E-state index contributed by atoms with van der Waals surface area (Å²) in [5, 5.41) is 4.59. The van der Waals surface area contributed by atoms with Crippen LogP contribution >= 0.6 is 11.8 Å². The summed E-state index contributed by atoms with van der Waals surface area (Å²) in [6.45, 7) is 3.43. The molecule has 0 radical (unpaired) electrons. The van der Waals surface area contributed by atoms with Crippen LogP contribution in [0.4, 0.5) is 11.4 Å². The summed E-state index contributed by atoms with van der Waals surface area (Å²) in [5.74, 6) is 0.159. The van der Waals surface area contributed by atoms with E-state index in [9.17, 15) is 18.0 Å². The van der Waals surface area contributed by atoms with Gasteiger partial charge in [0.15, 0.2) is 9.84 Å². The standard InChI is InChI=1S/C20H22N2O4S2/c1-13-4-3-5-15(10-13)21-20(24)11-14(2)28(25,26)16-6-7-18-17(12-16)22-19(23)8-9-27-18/h3-7,10,12,14H,8-9,11H2,1-2H3,(H,21,24)(H,22,23)/t14-/m1/s1. The molecule has 6 nitrogen and oxygen atoms in total. The van der Waals surface area contributed by atoms with E-state index in [0.717, 1.165) is 10.5 Å². The Morgan fingerprint density at radius 2 is 2.04 bits per heavy atom. The number of carbonyl (C=O) groups excluding carboxylic acids is 2. The molecule has 0 saturated heterocycles. The Bertz CT molecular complexity index is 1020. The number of benzene rings is 2. The van der Waals surface area contributed by atoms with Gasteiger partial charge < -0.3 is 10.6 Å². The first-order valence-electron chi connectivity index (χ1n) is 8.93. The van der Waals surface area contributed by atoms with Gasteiger partial charge >= 0.3 is 0 Å². The molecule has 148 valence electrons. The highest BCUT2D eigenvalue weighted by Crippen LogP contribution is 2.33. The van der Waals surface area contributed by atoms with Crippen molar-refractivity contribution in [2.45, 2.75) is 41.7 Å². The topological polar surface area (TPSA) is 92.3 Å². The van der Waals surface area contributed by atoms with Crippen molar-refractivity contribution in [2.75, 3.05) is 16.4 Å². The Morgan fingerprint density at radius 1 is 1.25 bits per heavy atom. The second kappa shape index (κ2) is 8.36. The molecule has 1 aliphatic rings. The lowest BCUT2D eigenvalue weighted by atomic mass is 10.2. The highest BCUT2D eigenvalue weighted by molar-refractivity contribution is 7.99. The first kappa shape index (κ1) is 20.4. The second-order valence-corrected chi connectivity index (χ2v) is 10.3. The molecule has 0 fully saturated rings. The van der Waals surface area contributed by atoms with Crippen molar-refractivity contribution in [1.82, 2.24) is 0 Å². The fourth-order valence-corrected chi connectivity index (χ4v) is 5.23. The number of thioether (sulfide) groups is 1. The van der Waals surface area contributed by atoms with Crippen molar-refractivity contribution in [3.63, 3.8) is 0 Å². The third kappa shape index (κ3) is 4.74. The fraction of sp³-hybridized carbons (Fsp3) is 0.300. The summed E-state index contributed by atoms with van der Waals surface area (Å²) in [5.41, 5.74) is 2.15. The lowest BCUT2D eigenvalue weighted by molar-refractivity contribution is -0.116. The number of aryl methyl sites for hydroxylation is 1. The number of hydrogen-bond acceptors (Lipinski definition) is 5. The molecule has 1 heterocycles. The Labute approximate surface area is 169 Å². The number of hydrogen-bond donors (Lipinski definition) is 2. The largest absolute Gasteiger partial charge is 0.326 e. The number of amides is 2. The predicted molar refractivity (Wildman–Crippen MR) is 111 cm³/mol. The van der Waals surface area contributed by atoms with Crippen LogP contribution in [-0.4, -0.2) is 31.2 Å². The number of sulfone groups is 1. The molecular weight excluding hydrogens is 396 g/mol. The van der Waals surface area contributed by atoms with Gasteiger partial charge in [-0.2, -0.15) is 0 Å². The third-order valence-corrected chi connectivity index (χ3v) is 7.66. The van der Waals surface area contributed by atoms with E-state index in [1.54, 1.807) is 12.1 Å². The second-order valence-electron chi connectivity index (χ2n) is 6.78. The Morgan fingerprint density at radius 3 is 2.79 bits per heavy atom. The van der Waals surface area contributed by atoms with Gasteiger partial charge in [-0.3, -0.25) is 9.59 Å². The first-order valence-corrected chi connectivity index (χ1v) is 11.5. The predicted octanol–water partition coefficient (Wildman–Crippen LogP) is 3.62. The SMILES string of the molecule is Cc1cccc(NC(=O)C[C@@H](C)S(=O)(=O)c2ccc3c(c2)NC(=O)CCS3)c1. The molecule has 2 aromatic rings. The van der Waals surface area contributed by atoms with Gasteiger partial charge in [-0.25, -0.2) is 8.42 Å². The molecule has 0 aliphatic carbocycles. The lowest BCUT2D eigenvalue weighted by Crippen LogP contribution is -2.25. The van der Waals surface area contributed by atoms with Crippen molar-refractivity contribution in [3.8, 4) is 0 Å². The van der Waals surface area contributed by atoms with E-state index in [-0.39, 0.29) is 23.1 Å². The van der Waals surface area contributed by atoms with Crippen LogP contribution in [0.15, 0.2) is 52.3 Å². The Hall–Kier alpha value is -2.32. The lowest BCUT2D eigenvalue weighted by Gasteiger charge is -2.15. The summed E-state index contributed by atoms with van der Waals surface area (Å²) < 4.78 is 25.9. The van der Waals surface area contributed by atoms with Crippen molar-refractivity contribution in [2.24, 2.45) is 0 Å². The minimum atomic E-state index is -3.72. The number of carbonyl (C=O) groups is 2. The number of fused-ring (bicyclic) bond motifs is 1. The monoisotopic (exact) mass is 418 g/mol. The number of anilines is 2. The van der Waals surface area contributed by atoms with E-state index >= 15 is 0 Å². The summed E-state index contributed by atoms with van der Waals surface area (Å²) in [6, 6.07) is 12.0. The van der Waals surface area contributed by atoms with Crippen molar-refractivity contribution < 1.29 is 18.0 Å². The Kier molecular flexibility index (Phi) is 6.10. The van der Waals surface area contributed by atoms with E-state index in [1.165, 1.54) is 30.8 Å². The van der Waals surface area contributed by atoms with Gasteiger partial charge in [0.05, 0.1) is 15.8 Å². The maximum atomic E-state index is 12.9. The molecule has 3 rings (SSSR count). The molecule has 1 aliphatic heterocycles. The molecule has 0 saturated carbocycles. The number of rotatable bonds is 5. The van der Waals surface area contributed by atoms with Gasteiger partial charge in [-0.15, -0.1) is 11.8 Å². The van der Waals surface area contributed by atoms with Gasteiger partial charge in [-0.05, 0) is 49.7 Å². The summed E-state index contributed by atoms with van der Waals surface area (Å²) in [6.07, 6.45) is 0.228. The highest BCUT2D eigenvalue weighted by Gasteiger charge is 2.27. The number of nitrogens with one attached hydrogen (secondary N) is 2. The normalized spacial score (nSPS) is 15.1. The van der Waals surface area contributed by atoms with E-state index < -0.39 is 15.1 Å². The van der Waals surface area contributed by atoms with E-state index in [1.807, 2.05) is 25.1 Å². The van der Waals surface area contributed by atoms with Gasteiger partial charge in [0.1, 0.15) is 0 Å². The first-order chi connectivity index (χ1) is 13.3. The zero-order valence-electron chi connectivity index (χ0n) is 15.7. The average molecular weight is 419 g/mol. The van der Waals surface area contributed by atoms with Crippen molar-refractivity contribution >= 4 is 44.8 Å². The molecule has 2 aromatic carbocycles. The quantitative estimate of drug-likeness (QED) is 0.774. The zero-order valence-corrected chi connectivity index (χ0v) is 17.3. The van der Waals surface area contributed by atoms with Crippen LogP contribution in [0.3, 0.4) is 0 Å². The molecule has 2 amide bonds. The van der Waals surface area contributed by atoms with Crippen LogP contribution in [-0.2, 0) is 19.4 Å². The molecule has 1 atom stereocenters. The van der Waals surface area contributed by atoms with E-state index in [0.29, 0.717) is 23.5 Å². The van der Waals surface area contributed by atoms with Crippen LogP contribution in [0.1, 0.15) is 25.3 Å². The smallest absolute Gasteiger partial charge is 0.225 e. The fourth-order valence-electron chi connectivity index (χ4n) is 2.91. The third-order valence-electron chi connectivity index (χ3n) is 4.44. The van der Waals surface area contributed by atoms with E-state index in [4.69, 9.17) is 0 Å². The summed E-state index contributed by atoms with van der Waals surface area (Å²) in [4.78, 5) is 25.0. The molecule has 0 unspecified atom stereocenters. The molecule has 28 heavy (non-hydrogen) atoms. The summed E-state index contributed by atoms with van der Waals surface area (Å²) in [7, 11) is -3.72. The van der Waals surface area contributed by atoms with Crippen LogP contribution in [0.2, 0.25) is 0 Å². The van der Waals surface area contributed by atoms with Crippen LogP contribution < -0.4 is 10.6 Å². The van der Waals surface area contributed by atoms with Crippen LogP contribution in [0.25, 0.3) is 0 Å². The van der Waals surface area contributed by atoms with E-state index in [2.05, 4.69) is 10.6 Å². The molecule has 0 bridgehead atoms. The van der Waals surface area contributed by atoms with Gasteiger partial charge in [0.2, 0.25) is 11.8 Å². The molecular formula is C20H22N2O4S2. The molecule has 0 spiro atoms. The van der Waals surface area contributed by atoms with Gasteiger partial charge in [0, 0.05) is 29.2 Å². The van der Waals surface area contributed by atoms with Crippen LogP contribution in [0, 0.1) is 6.92 Å². The van der Waals surface area contributed by atoms with Crippen molar-refractivity contribution in [3.05, 3.63) is 48.0 Å². The highest BCUT2D eigenvalue weighted by atomic mass is 32.2.